The van der Waals surface area contributed by atoms with Gasteiger partial charge in [0, 0.05) is 29.6 Å². The number of carbonyl (C=O) groups excluding carboxylic acids is 2. The van der Waals surface area contributed by atoms with Crippen LogP contribution in [0.4, 0.5) is 5.95 Å². The molecule has 5 aromatic rings. The minimum Gasteiger partial charge on any atom is -0.497 e. The zero-order chi connectivity index (χ0) is 31.1. The lowest BCUT2D eigenvalue weighted by Crippen LogP contribution is -2.38. The Labute approximate surface area is 257 Å². The van der Waals surface area contributed by atoms with E-state index in [1.54, 1.807) is 38.5 Å². The van der Waals surface area contributed by atoms with Crippen molar-refractivity contribution in [2.75, 3.05) is 26.1 Å². The van der Waals surface area contributed by atoms with Gasteiger partial charge >= 0.3 is 0 Å². The number of amides is 2. The summed E-state index contributed by atoms with van der Waals surface area (Å²) in [6, 6.07) is 32.2. The molecule has 0 saturated carbocycles. The second-order valence-electron chi connectivity index (χ2n) is 10.7. The molecule has 1 N–H and O–H groups in total. The number of benzene rings is 4. The highest BCUT2D eigenvalue weighted by atomic mass is 16.5. The topological polar surface area (TPSA) is 85.7 Å². The van der Waals surface area contributed by atoms with E-state index in [1.807, 2.05) is 77.5 Å². The molecule has 224 valence electrons. The number of carbonyl (C=O) groups is 2. The lowest BCUT2D eigenvalue weighted by atomic mass is 10.0. The van der Waals surface area contributed by atoms with E-state index >= 15 is 0 Å². The van der Waals surface area contributed by atoms with Gasteiger partial charge in [-0.05, 0) is 77.7 Å². The van der Waals surface area contributed by atoms with Crippen LogP contribution in [-0.4, -0.2) is 47.0 Å². The van der Waals surface area contributed by atoms with Crippen LogP contribution in [0.3, 0.4) is 0 Å². The number of aromatic nitrogens is 2. The molecule has 1 aromatic heterocycles. The standard InChI is InChI=1S/C36H36N4O4/c1-25(2)27-10-16-30(17-11-27)40-23-33(28-12-18-31(43-3)19-13-28)37-36(40)38-34(41)24-39(22-26-8-6-5-7-9-26)35(42)29-14-20-32(44-4)21-15-29/h5-21,23,25H,22,24H2,1-4H3,(H,37,38,41). The third-order valence-electron chi connectivity index (χ3n) is 7.36. The summed E-state index contributed by atoms with van der Waals surface area (Å²) in [6.07, 6.45) is 1.89. The molecule has 5 rings (SSSR count). The van der Waals surface area contributed by atoms with Crippen LogP contribution in [0.5, 0.6) is 11.5 Å². The molecule has 0 aliphatic heterocycles. The number of ether oxygens (including phenoxy) is 2. The molecule has 8 heteroatoms. The molecular formula is C36H36N4O4. The second-order valence-corrected chi connectivity index (χ2v) is 10.7. The maximum Gasteiger partial charge on any atom is 0.254 e. The molecule has 0 radical (unpaired) electrons. The van der Waals surface area contributed by atoms with Crippen molar-refractivity contribution >= 4 is 17.8 Å². The van der Waals surface area contributed by atoms with Crippen molar-refractivity contribution in [3.8, 4) is 28.4 Å². The average molecular weight is 589 g/mol. The summed E-state index contributed by atoms with van der Waals surface area (Å²) >= 11 is 0. The van der Waals surface area contributed by atoms with Gasteiger partial charge in [0.1, 0.15) is 18.0 Å². The Kier molecular flexibility index (Phi) is 9.40. The number of anilines is 1. The number of hydrogen-bond acceptors (Lipinski definition) is 5. The molecule has 0 unspecified atom stereocenters. The van der Waals surface area contributed by atoms with Gasteiger partial charge in [-0.3, -0.25) is 19.5 Å². The van der Waals surface area contributed by atoms with Gasteiger partial charge in [0.25, 0.3) is 5.91 Å². The molecule has 0 saturated heterocycles. The van der Waals surface area contributed by atoms with Gasteiger partial charge in [-0.2, -0.15) is 0 Å². The monoisotopic (exact) mass is 588 g/mol. The van der Waals surface area contributed by atoms with Crippen molar-refractivity contribution in [2.45, 2.75) is 26.3 Å². The van der Waals surface area contributed by atoms with Crippen LogP contribution in [0.2, 0.25) is 0 Å². The summed E-state index contributed by atoms with van der Waals surface area (Å²) < 4.78 is 12.4. The van der Waals surface area contributed by atoms with Gasteiger partial charge in [-0.1, -0.05) is 56.3 Å². The third-order valence-corrected chi connectivity index (χ3v) is 7.36. The molecule has 0 bridgehead atoms. The zero-order valence-corrected chi connectivity index (χ0v) is 25.4. The average Bonchev–Trinajstić information content (AvgIpc) is 3.48. The Morgan fingerprint density at radius 3 is 2.02 bits per heavy atom. The Balaban J connectivity index is 1.44. The molecular weight excluding hydrogens is 552 g/mol. The van der Waals surface area contributed by atoms with Crippen molar-refractivity contribution < 1.29 is 19.1 Å². The van der Waals surface area contributed by atoms with Crippen molar-refractivity contribution in [1.82, 2.24) is 14.5 Å². The molecule has 0 fully saturated rings. The predicted molar refractivity (Wildman–Crippen MR) is 172 cm³/mol. The van der Waals surface area contributed by atoms with Gasteiger partial charge in [-0.25, -0.2) is 4.98 Å². The lowest BCUT2D eigenvalue weighted by Gasteiger charge is -2.23. The van der Waals surface area contributed by atoms with Crippen LogP contribution in [-0.2, 0) is 11.3 Å². The molecule has 0 aliphatic carbocycles. The summed E-state index contributed by atoms with van der Waals surface area (Å²) in [4.78, 5) is 33.6. The normalized spacial score (nSPS) is 10.8. The Morgan fingerprint density at radius 2 is 1.43 bits per heavy atom. The zero-order valence-electron chi connectivity index (χ0n) is 25.4. The van der Waals surface area contributed by atoms with Crippen molar-refractivity contribution in [1.29, 1.82) is 0 Å². The first-order chi connectivity index (χ1) is 21.3. The summed E-state index contributed by atoms with van der Waals surface area (Å²) in [5.41, 5.74) is 5.00. The number of rotatable bonds is 11. The van der Waals surface area contributed by atoms with Crippen LogP contribution in [0.15, 0.2) is 109 Å². The number of nitrogens with zero attached hydrogens (tertiary/aromatic N) is 3. The third kappa shape index (κ3) is 7.15. The fraction of sp³-hybridized carbons (Fsp3) is 0.194. The lowest BCUT2D eigenvalue weighted by molar-refractivity contribution is -0.117. The first kappa shape index (κ1) is 30.1. The van der Waals surface area contributed by atoms with Gasteiger partial charge in [-0.15, -0.1) is 0 Å². The fourth-order valence-electron chi connectivity index (χ4n) is 4.84. The van der Waals surface area contributed by atoms with Gasteiger partial charge < -0.3 is 14.4 Å². The van der Waals surface area contributed by atoms with E-state index in [0.29, 0.717) is 28.9 Å². The van der Waals surface area contributed by atoms with E-state index in [9.17, 15) is 9.59 Å². The molecule has 44 heavy (non-hydrogen) atoms. The molecule has 0 aliphatic rings. The largest absolute Gasteiger partial charge is 0.497 e. The first-order valence-electron chi connectivity index (χ1n) is 14.5. The SMILES string of the molecule is COc1ccc(C(=O)N(CC(=O)Nc2nc(-c3ccc(OC)cc3)cn2-c2ccc(C(C)C)cc2)Cc2ccccc2)cc1. The van der Waals surface area contributed by atoms with E-state index in [4.69, 9.17) is 14.5 Å². The van der Waals surface area contributed by atoms with Gasteiger partial charge in [0.15, 0.2) is 0 Å². The minimum absolute atomic E-state index is 0.170. The van der Waals surface area contributed by atoms with Crippen LogP contribution < -0.4 is 14.8 Å². The smallest absolute Gasteiger partial charge is 0.254 e. The van der Waals surface area contributed by atoms with Crippen molar-refractivity contribution in [2.24, 2.45) is 0 Å². The first-order valence-corrected chi connectivity index (χ1v) is 14.5. The number of imidazole rings is 1. The molecule has 4 aromatic carbocycles. The van der Waals surface area contributed by atoms with E-state index in [0.717, 1.165) is 22.6 Å². The molecule has 2 amide bonds. The van der Waals surface area contributed by atoms with Crippen LogP contribution >= 0.6 is 0 Å². The maximum atomic E-state index is 13.6. The minimum atomic E-state index is -0.366. The quantitative estimate of drug-likeness (QED) is 0.180. The van der Waals surface area contributed by atoms with Crippen LogP contribution in [0.1, 0.15) is 41.3 Å². The summed E-state index contributed by atoms with van der Waals surface area (Å²) in [7, 11) is 3.20. The number of nitrogens with one attached hydrogen (secondary N) is 1. The van der Waals surface area contributed by atoms with Crippen LogP contribution in [0, 0.1) is 0 Å². The maximum absolute atomic E-state index is 13.6. The van der Waals surface area contributed by atoms with Crippen LogP contribution in [0.25, 0.3) is 16.9 Å². The Morgan fingerprint density at radius 1 is 0.818 bits per heavy atom. The summed E-state index contributed by atoms with van der Waals surface area (Å²) in [5.74, 6) is 1.50. The highest BCUT2D eigenvalue weighted by Gasteiger charge is 2.22. The van der Waals surface area contributed by atoms with E-state index < -0.39 is 0 Å². The molecule has 8 nitrogen and oxygen atoms in total. The summed E-state index contributed by atoms with van der Waals surface area (Å²) in [5, 5.41) is 2.97. The van der Waals surface area contributed by atoms with Gasteiger partial charge in [0.05, 0.1) is 19.9 Å². The molecule has 0 atom stereocenters. The molecule has 1 heterocycles. The van der Waals surface area contributed by atoms with E-state index in [2.05, 4.69) is 31.3 Å². The number of hydrogen-bond donors (Lipinski definition) is 1. The molecule has 0 spiro atoms. The number of methoxy groups -OCH3 is 2. The second kappa shape index (κ2) is 13.7. The van der Waals surface area contributed by atoms with Crippen molar-refractivity contribution in [3.63, 3.8) is 0 Å². The highest BCUT2D eigenvalue weighted by Crippen LogP contribution is 2.27. The summed E-state index contributed by atoms with van der Waals surface area (Å²) in [6.45, 7) is 4.39. The Hall–Kier alpha value is -5.37. The Bertz CT molecular complexity index is 1690. The van der Waals surface area contributed by atoms with E-state index in [1.165, 1.54) is 10.5 Å². The van der Waals surface area contributed by atoms with Gasteiger partial charge in [0.2, 0.25) is 11.9 Å². The predicted octanol–water partition coefficient (Wildman–Crippen LogP) is 6.96. The highest BCUT2D eigenvalue weighted by molar-refractivity contribution is 5.99. The van der Waals surface area contributed by atoms with Crippen molar-refractivity contribution in [3.05, 3.63) is 126 Å². The fourth-order valence-corrected chi connectivity index (χ4v) is 4.84. The van der Waals surface area contributed by atoms with E-state index in [-0.39, 0.29) is 24.9 Å².